The number of methoxy groups -OCH3 is 1. The molecule has 2 rings (SSSR count). The SMILES string of the molecule is COc1ccc(S(=O)(=O)NCC(=O)NNC(=O)C(C)Oc2cccc(C)c2C)cc1. The first-order valence-electron chi connectivity index (χ1n) is 9.09. The lowest BCUT2D eigenvalue weighted by molar-refractivity contribution is -0.132. The summed E-state index contributed by atoms with van der Waals surface area (Å²) < 4.78 is 37.2. The Labute approximate surface area is 175 Å². The standard InChI is InChI=1S/C20H25N3O6S/c1-13-6-5-7-18(14(13)2)29-15(3)20(25)23-22-19(24)12-21-30(26,27)17-10-8-16(28-4)9-11-17/h5-11,15,21H,12H2,1-4H3,(H,22,24)(H,23,25). The summed E-state index contributed by atoms with van der Waals surface area (Å²) in [4.78, 5) is 24.0. The summed E-state index contributed by atoms with van der Waals surface area (Å²) in [5.74, 6) is -0.246. The smallest absolute Gasteiger partial charge is 0.279 e. The van der Waals surface area contributed by atoms with E-state index in [0.29, 0.717) is 11.5 Å². The molecule has 9 nitrogen and oxygen atoms in total. The molecule has 0 aliphatic heterocycles. The number of ether oxygens (including phenoxy) is 2. The summed E-state index contributed by atoms with van der Waals surface area (Å²) in [5, 5.41) is 0. The first-order chi connectivity index (χ1) is 14.1. The van der Waals surface area contributed by atoms with Gasteiger partial charge in [0.05, 0.1) is 18.6 Å². The minimum Gasteiger partial charge on any atom is -0.497 e. The molecule has 0 aliphatic carbocycles. The topological polar surface area (TPSA) is 123 Å². The van der Waals surface area contributed by atoms with Crippen molar-refractivity contribution in [1.82, 2.24) is 15.6 Å². The van der Waals surface area contributed by atoms with E-state index in [4.69, 9.17) is 9.47 Å². The van der Waals surface area contributed by atoms with Crippen molar-refractivity contribution in [3.63, 3.8) is 0 Å². The number of sulfonamides is 1. The van der Waals surface area contributed by atoms with E-state index >= 15 is 0 Å². The van der Waals surface area contributed by atoms with Gasteiger partial charge in [0.2, 0.25) is 10.0 Å². The van der Waals surface area contributed by atoms with Gasteiger partial charge in [-0.05, 0) is 62.2 Å². The molecular weight excluding hydrogens is 410 g/mol. The third kappa shape index (κ3) is 6.19. The maximum absolute atomic E-state index is 12.2. The van der Waals surface area contributed by atoms with Crippen LogP contribution in [0.2, 0.25) is 0 Å². The van der Waals surface area contributed by atoms with Crippen LogP contribution in [0.5, 0.6) is 11.5 Å². The van der Waals surface area contributed by atoms with E-state index in [2.05, 4.69) is 15.6 Å². The van der Waals surface area contributed by atoms with E-state index in [9.17, 15) is 18.0 Å². The van der Waals surface area contributed by atoms with Crippen LogP contribution in [0.1, 0.15) is 18.1 Å². The summed E-state index contributed by atoms with van der Waals surface area (Å²) in [7, 11) is -2.42. The van der Waals surface area contributed by atoms with E-state index in [-0.39, 0.29) is 4.90 Å². The quantitative estimate of drug-likeness (QED) is 0.536. The maximum Gasteiger partial charge on any atom is 0.279 e. The van der Waals surface area contributed by atoms with Gasteiger partial charge in [-0.1, -0.05) is 12.1 Å². The zero-order chi connectivity index (χ0) is 22.3. The highest BCUT2D eigenvalue weighted by Gasteiger charge is 2.18. The molecule has 0 saturated heterocycles. The number of hydrogen-bond donors (Lipinski definition) is 3. The normalized spacial score (nSPS) is 12.0. The van der Waals surface area contributed by atoms with Crippen LogP contribution in [0.3, 0.4) is 0 Å². The van der Waals surface area contributed by atoms with Crippen molar-refractivity contribution in [2.75, 3.05) is 13.7 Å². The maximum atomic E-state index is 12.2. The van der Waals surface area contributed by atoms with Crippen LogP contribution in [0.4, 0.5) is 0 Å². The summed E-state index contributed by atoms with van der Waals surface area (Å²) in [5.41, 5.74) is 6.30. The van der Waals surface area contributed by atoms with Crippen LogP contribution >= 0.6 is 0 Å². The Morgan fingerprint density at radius 1 is 1.03 bits per heavy atom. The molecule has 0 saturated carbocycles. The average molecular weight is 436 g/mol. The summed E-state index contributed by atoms with van der Waals surface area (Å²) >= 11 is 0. The highest BCUT2D eigenvalue weighted by atomic mass is 32.2. The van der Waals surface area contributed by atoms with Crippen LogP contribution in [-0.4, -0.2) is 40.0 Å². The molecule has 0 radical (unpaired) electrons. The number of rotatable bonds is 8. The molecule has 30 heavy (non-hydrogen) atoms. The molecule has 2 aromatic rings. The Morgan fingerprint density at radius 3 is 2.33 bits per heavy atom. The Kier molecular flexibility index (Phi) is 7.79. The number of nitrogens with one attached hydrogen (secondary N) is 3. The van der Waals surface area contributed by atoms with Crippen LogP contribution in [0.15, 0.2) is 47.4 Å². The third-order valence-corrected chi connectivity index (χ3v) is 5.76. The van der Waals surface area contributed by atoms with Crippen molar-refractivity contribution in [2.24, 2.45) is 0 Å². The van der Waals surface area contributed by atoms with Gasteiger partial charge in [-0.3, -0.25) is 20.4 Å². The van der Waals surface area contributed by atoms with E-state index in [0.717, 1.165) is 11.1 Å². The summed E-state index contributed by atoms with van der Waals surface area (Å²) in [6, 6.07) is 11.2. The second-order valence-electron chi connectivity index (χ2n) is 6.50. The predicted molar refractivity (Wildman–Crippen MR) is 110 cm³/mol. The first kappa shape index (κ1) is 23.2. The molecule has 2 aromatic carbocycles. The molecule has 162 valence electrons. The molecule has 0 aromatic heterocycles. The van der Waals surface area contributed by atoms with Crippen molar-refractivity contribution in [2.45, 2.75) is 31.8 Å². The fourth-order valence-corrected chi connectivity index (χ4v) is 3.35. The Morgan fingerprint density at radius 2 is 1.70 bits per heavy atom. The van der Waals surface area contributed by atoms with Crippen LogP contribution in [-0.2, 0) is 19.6 Å². The monoisotopic (exact) mass is 435 g/mol. The van der Waals surface area contributed by atoms with Crippen molar-refractivity contribution in [1.29, 1.82) is 0 Å². The lowest BCUT2D eigenvalue weighted by Crippen LogP contribution is -2.50. The predicted octanol–water partition coefficient (Wildman–Crippen LogP) is 1.21. The van der Waals surface area contributed by atoms with Crippen LogP contribution < -0.4 is 25.0 Å². The minimum absolute atomic E-state index is 0.0179. The number of hydrazine groups is 1. The lowest BCUT2D eigenvalue weighted by atomic mass is 10.1. The van der Waals surface area contributed by atoms with Crippen molar-refractivity contribution >= 4 is 21.8 Å². The van der Waals surface area contributed by atoms with Gasteiger partial charge in [-0.15, -0.1) is 0 Å². The lowest BCUT2D eigenvalue weighted by Gasteiger charge is -2.17. The molecule has 2 amide bonds. The summed E-state index contributed by atoms with van der Waals surface area (Å²) in [6.07, 6.45) is -0.873. The molecule has 0 heterocycles. The van der Waals surface area contributed by atoms with Gasteiger partial charge in [0.25, 0.3) is 11.8 Å². The van der Waals surface area contributed by atoms with E-state index in [1.54, 1.807) is 6.07 Å². The fraction of sp³-hybridized carbons (Fsp3) is 0.300. The number of carbonyl (C=O) groups excluding carboxylic acids is 2. The zero-order valence-electron chi connectivity index (χ0n) is 17.2. The van der Waals surface area contributed by atoms with Gasteiger partial charge < -0.3 is 9.47 Å². The van der Waals surface area contributed by atoms with E-state index in [1.165, 1.54) is 38.3 Å². The number of aryl methyl sites for hydroxylation is 1. The van der Waals surface area contributed by atoms with Crippen LogP contribution in [0, 0.1) is 13.8 Å². The third-order valence-electron chi connectivity index (χ3n) is 4.35. The van der Waals surface area contributed by atoms with Crippen molar-refractivity contribution in [3.8, 4) is 11.5 Å². The number of hydrogen-bond acceptors (Lipinski definition) is 6. The van der Waals surface area contributed by atoms with Gasteiger partial charge in [-0.2, -0.15) is 0 Å². The van der Waals surface area contributed by atoms with E-state index < -0.39 is 34.5 Å². The van der Waals surface area contributed by atoms with Crippen molar-refractivity contribution < 1.29 is 27.5 Å². The zero-order valence-corrected chi connectivity index (χ0v) is 18.0. The number of carbonyl (C=O) groups is 2. The molecule has 0 bridgehead atoms. The molecule has 0 fully saturated rings. The first-order valence-corrected chi connectivity index (χ1v) is 10.6. The minimum atomic E-state index is -3.89. The van der Waals surface area contributed by atoms with Crippen molar-refractivity contribution in [3.05, 3.63) is 53.6 Å². The molecule has 1 atom stereocenters. The van der Waals surface area contributed by atoms with E-state index in [1.807, 2.05) is 26.0 Å². The fourth-order valence-electron chi connectivity index (χ4n) is 2.37. The van der Waals surface area contributed by atoms with Gasteiger partial charge in [0, 0.05) is 0 Å². The molecule has 3 N–H and O–H groups in total. The summed E-state index contributed by atoms with van der Waals surface area (Å²) in [6.45, 7) is 4.79. The molecule has 10 heteroatoms. The number of amides is 2. The van der Waals surface area contributed by atoms with Crippen LogP contribution in [0.25, 0.3) is 0 Å². The molecule has 0 spiro atoms. The molecule has 0 aliphatic rings. The Bertz CT molecular complexity index is 1010. The van der Waals surface area contributed by atoms with Gasteiger partial charge >= 0.3 is 0 Å². The Balaban J connectivity index is 1.83. The second-order valence-corrected chi connectivity index (χ2v) is 8.26. The molecular formula is C20H25N3O6S. The van der Waals surface area contributed by atoms with Gasteiger partial charge in [0.1, 0.15) is 11.5 Å². The van der Waals surface area contributed by atoms with Gasteiger partial charge in [-0.25, -0.2) is 13.1 Å². The molecule has 1 unspecified atom stereocenters. The average Bonchev–Trinajstić information content (AvgIpc) is 2.73. The second kappa shape index (κ2) is 10.1. The number of benzene rings is 2. The van der Waals surface area contributed by atoms with Gasteiger partial charge in [0.15, 0.2) is 6.10 Å². The Hall–Kier alpha value is -3.11. The highest BCUT2D eigenvalue weighted by Crippen LogP contribution is 2.21. The highest BCUT2D eigenvalue weighted by molar-refractivity contribution is 7.89. The largest absolute Gasteiger partial charge is 0.497 e.